The van der Waals surface area contributed by atoms with Crippen LogP contribution < -0.4 is 0 Å². The SMILES string of the molecule is CCS(=O)(=O)c1cc(-c2ccc(C3CC3)cc2)cnc1-c1nc2cc(C(F)(F)C(F)(F)F)nnc2o1. The predicted molar refractivity (Wildman–Crippen MR) is 118 cm³/mol. The molecule has 13 heteroatoms. The third-order valence-electron chi connectivity index (χ3n) is 5.90. The average Bonchev–Trinajstić information content (AvgIpc) is 3.61. The number of pyridine rings is 1. The summed E-state index contributed by atoms with van der Waals surface area (Å²) in [5.41, 5.74) is -0.357. The highest BCUT2D eigenvalue weighted by molar-refractivity contribution is 7.91. The molecule has 3 heterocycles. The zero-order valence-electron chi connectivity index (χ0n) is 18.6. The second-order valence-corrected chi connectivity index (χ2v) is 10.6. The number of fused-ring (bicyclic) bond motifs is 1. The molecule has 0 amide bonds. The molecule has 0 atom stereocenters. The van der Waals surface area contributed by atoms with Crippen molar-refractivity contribution in [1.82, 2.24) is 20.2 Å². The molecule has 5 rings (SSSR count). The van der Waals surface area contributed by atoms with Crippen LogP contribution in [0.1, 0.15) is 36.9 Å². The number of sulfone groups is 1. The summed E-state index contributed by atoms with van der Waals surface area (Å²) in [6, 6.07) is 9.48. The van der Waals surface area contributed by atoms with Gasteiger partial charge in [0, 0.05) is 11.8 Å². The number of oxazole rings is 1. The number of halogens is 5. The first kappa shape index (κ1) is 24.2. The second-order valence-electron chi connectivity index (χ2n) is 8.38. The van der Waals surface area contributed by atoms with E-state index in [1.165, 1.54) is 24.8 Å². The van der Waals surface area contributed by atoms with Crippen molar-refractivity contribution >= 4 is 21.1 Å². The summed E-state index contributed by atoms with van der Waals surface area (Å²) in [7, 11) is -3.87. The van der Waals surface area contributed by atoms with Crippen molar-refractivity contribution < 1.29 is 34.8 Å². The van der Waals surface area contributed by atoms with Crippen LogP contribution in [-0.4, -0.2) is 40.5 Å². The van der Waals surface area contributed by atoms with E-state index in [9.17, 15) is 30.4 Å². The molecule has 4 aromatic rings. The maximum Gasteiger partial charge on any atom is 0.459 e. The summed E-state index contributed by atoms with van der Waals surface area (Å²) < 4.78 is 96.6. The van der Waals surface area contributed by atoms with E-state index in [1.54, 1.807) is 0 Å². The highest BCUT2D eigenvalue weighted by Crippen LogP contribution is 2.43. The lowest BCUT2D eigenvalue weighted by Gasteiger charge is -2.17. The summed E-state index contributed by atoms with van der Waals surface area (Å²) >= 11 is 0. The van der Waals surface area contributed by atoms with Gasteiger partial charge in [-0.05, 0) is 42.0 Å². The van der Waals surface area contributed by atoms with Gasteiger partial charge in [-0.3, -0.25) is 0 Å². The molecule has 36 heavy (non-hydrogen) atoms. The first-order chi connectivity index (χ1) is 16.9. The molecule has 1 saturated carbocycles. The normalized spacial score (nSPS) is 14.9. The molecular weight excluding hydrogens is 507 g/mol. The van der Waals surface area contributed by atoms with Crippen molar-refractivity contribution in [2.24, 2.45) is 0 Å². The maximum absolute atomic E-state index is 13.7. The summed E-state index contributed by atoms with van der Waals surface area (Å²) in [4.78, 5) is 7.87. The fourth-order valence-electron chi connectivity index (χ4n) is 3.67. The predicted octanol–water partition coefficient (Wildman–Crippen LogP) is 5.67. The van der Waals surface area contributed by atoms with Crippen LogP contribution in [-0.2, 0) is 15.8 Å². The van der Waals surface area contributed by atoms with Gasteiger partial charge in [0.25, 0.3) is 5.71 Å². The Hall–Kier alpha value is -3.48. The summed E-state index contributed by atoms with van der Waals surface area (Å²) in [5.74, 6) is -5.41. The first-order valence-corrected chi connectivity index (χ1v) is 12.5. The van der Waals surface area contributed by atoms with E-state index in [1.807, 2.05) is 24.3 Å². The van der Waals surface area contributed by atoms with E-state index in [-0.39, 0.29) is 16.3 Å². The third-order valence-corrected chi connectivity index (χ3v) is 7.64. The summed E-state index contributed by atoms with van der Waals surface area (Å²) in [6.07, 6.45) is -2.21. The van der Waals surface area contributed by atoms with Crippen molar-refractivity contribution in [3.63, 3.8) is 0 Å². The van der Waals surface area contributed by atoms with E-state index in [2.05, 4.69) is 20.2 Å². The Morgan fingerprint density at radius 1 is 1.00 bits per heavy atom. The monoisotopic (exact) mass is 524 g/mol. The minimum atomic E-state index is -5.89. The van der Waals surface area contributed by atoms with Crippen LogP contribution >= 0.6 is 0 Å². The van der Waals surface area contributed by atoms with Crippen LogP contribution in [0.15, 0.2) is 51.9 Å². The van der Waals surface area contributed by atoms with Gasteiger partial charge in [0.1, 0.15) is 16.9 Å². The molecule has 0 aliphatic heterocycles. The highest BCUT2D eigenvalue weighted by atomic mass is 32.2. The fraction of sp³-hybridized carbons (Fsp3) is 0.304. The Bertz CT molecular complexity index is 1560. The molecule has 1 fully saturated rings. The molecule has 188 valence electrons. The van der Waals surface area contributed by atoms with E-state index in [0.717, 1.165) is 18.4 Å². The molecule has 0 spiro atoms. The van der Waals surface area contributed by atoms with Crippen molar-refractivity contribution in [2.45, 2.75) is 42.7 Å². The number of alkyl halides is 5. The third kappa shape index (κ3) is 4.21. The molecule has 7 nitrogen and oxygen atoms in total. The average molecular weight is 524 g/mol. The highest BCUT2D eigenvalue weighted by Gasteiger charge is 2.60. The van der Waals surface area contributed by atoms with E-state index in [0.29, 0.717) is 17.5 Å². The van der Waals surface area contributed by atoms with Crippen LogP contribution in [0, 0.1) is 0 Å². The number of nitrogens with zero attached hydrogens (tertiary/aromatic N) is 4. The van der Waals surface area contributed by atoms with E-state index in [4.69, 9.17) is 4.42 Å². The number of rotatable bonds is 6. The Balaban J connectivity index is 1.59. The zero-order valence-corrected chi connectivity index (χ0v) is 19.4. The Labute approximate surface area is 201 Å². The molecule has 1 aromatic carbocycles. The summed E-state index contributed by atoms with van der Waals surface area (Å²) in [5, 5.41) is 6.20. The van der Waals surface area contributed by atoms with Crippen molar-refractivity contribution in [3.05, 3.63) is 53.9 Å². The number of aromatic nitrogens is 4. The lowest BCUT2D eigenvalue weighted by Crippen LogP contribution is -2.34. The van der Waals surface area contributed by atoms with E-state index >= 15 is 0 Å². The smallest absolute Gasteiger partial charge is 0.414 e. The van der Waals surface area contributed by atoms with Gasteiger partial charge in [0.05, 0.1) is 10.6 Å². The minimum absolute atomic E-state index is 0.225. The van der Waals surface area contributed by atoms with Crippen LogP contribution in [0.3, 0.4) is 0 Å². The number of hydrogen-bond donors (Lipinski definition) is 0. The molecule has 3 aromatic heterocycles. The topological polar surface area (TPSA) is 98.8 Å². The molecule has 0 bridgehead atoms. The maximum atomic E-state index is 13.7. The Morgan fingerprint density at radius 2 is 1.69 bits per heavy atom. The van der Waals surface area contributed by atoms with Gasteiger partial charge in [-0.1, -0.05) is 31.2 Å². The minimum Gasteiger partial charge on any atom is -0.414 e. The van der Waals surface area contributed by atoms with Crippen LogP contribution in [0.2, 0.25) is 0 Å². The van der Waals surface area contributed by atoms with Gasteiger partial charge >= 0.3 is 12.1 Å². The quantitative estimate of drug-likeness (QED) is 0.300. The van der Waals surface area contributed by atoms with Gasteiger partial charge in [-0.15, -0.1) is 10.2 Å². The van der Waals surface area contributed by atoms with Gasteiger partial charge < -0.3 is 4.42 Å². The van der Waals surface area contributed by atoms with Crippen molar-refractivity contribution in [1.29, 1.82) is 0 Å². The lowest BCUT2D eigenvalue weighted by molar-refractivity contribution is -0.291. The molecule has 0 unspecified atom stereocenters. The van der Waals surface area contributed by atoms with Gasteiger partial charge in [-0.2, -0.15) is 22.0 Å². The van der Waals surface area contributed by atoms with E-state index < -0.39 is 44.8 Å². The molecule has 0 radical (unpaired) electrons. The zero-order chi connectivity index (χ0) is 25.9. The Kier molecular flexibility index (Phi) is 5.58. The largest absolute Gasteiger partial charge is 0.459 e. The number of benzene rings is 1. The lowest BCUT2D eigenvalue weighted by atomic mass is 10.0. The second kappa shape index (κ2) is 8.29. The molecular formula is C23H17F5N4O3S. The Morgan fingerprint density at radius 3 is 2.31 bits per heavy atom. The molecule has 1 aliphatic rings. The molecule has 0 saturated heterocycles. The van der Waals surface area contributed by atoms with Crippen molar-refractivity contribution in [2.75, 3.05) is 5.75 Å². The van der Waals surface area contributed by atoms with Gasteiger partial charge in [0.15, 0.2) is 9.84 Å². The number of hydrogen-bond acceptors (Lipinski definition) is 7. The van der Waals surface area contributed by atoms with Crippen molar-refractivity contribution in [3.8, 4) is 22.7 Å². The van der Waals surface area contributed by atoms with Gasteiger partial charge in [0.2, 0.25) is 5.89 Å². The fourth-order valence-corrected chi connectivity index (χ4v) is 4.72. The van der Waals surface area contributed by atoms with Crippen LogP contribution in [0.4, 0.5) is 22.0 Å². The molecule has 1 aliphatic carbocycles. The van der Waals surface area contributed by atoms with Crippen LogP contribution in [0.5, 0.6) is 0 Å². The standard InChI is InChI=1S/C23H17F5N4O3S/c1-2-36(33,34)17-9-15(14-7-5-13(6-8-14)12-3-4-12)11-29-19(17)21-30-16-10-18(31-32-20(16)35-21)22(24,25)23(26,27)28/h5-12H,2-4H2,1H3. The first-order valence-electron chi connectivity index (χ1n) is 10.8. The van der Waals surface area contributed by atoms with Crippen LogP contribution in [0.25, 0.3) is 33.9 Å². The molecule has 0 N–H and O–H groups in total. The van der Waals surface area contributed by atoms with Gasteiger partial charge in [-0.25, -0.2) is 18.4 Å². The summed E-state index contributed by atoms with van der Waals surface area (Å²) in [6.45, 7) is 1.43.